The first-order chi connectivity index (χ1) is 9.56. The van der Waals surface area contributed by atoms with Crippen LogP contribution in [0.25, 0.3) is 0 Å². The molecule has 4 nitrogen and oxygen atoms in total. The topological polar surface area (TPSA) is 56.7 Å². The van der Waals surface area contributed by atoms with Crippen LogP contribution in [0.2, 0.25) is 0 Å². The second-order valence-corrected chi connectivity index (χ2v) is 4.60. The second-order valence-electron chi connectivity index (χ2n) is 4.60. The molecule has 21 heavy (non-hydrogen) atoms. The van der Waals surface area contributed by atoms with Gasteiger partial charge in [-0.25, -0.2) is 13.8 Å². The minimum Gasteiger partial charge on any atom is -0.396 e. The molecule has 1 aromatic rings. The fourth-order valence-corrected chi connectivity index (χ4v) is 1.51. The normalized spacial score (nSPS) is 12.5. The van der Waals surface area contributed by atoms with E-state index in [1.807, 2.05) is 13.8 Å². The van der Waals surface area contributed by atoms with Crippen molar-refractivity contribution < 1.29 is 13.9 Å². The van der Waals surface area contributed by atoms with Crippen LogP contribution in [0.3, 0.4) is 0 Å². The molecule has 0 aliphatic rings. The van der Waals surface area contributed by atoms with Crippen LogP contribution < -0.4 is 10.6 Å². The molecule has 0 aliphatic carbocycles. The summed E-state index contributed by atoms with van der Waals surface area (Å²) in [6, 6.07) is 3.31. The van der Waals surface area contributed by atoms with Crippen molar-refractivity contribution in [2.24, 2.45) is 10.9 Å². The lowest BCUT2D eigenvalue weighted by Crippen LogP contribution is -2.39. The van der Waals surface area contributed by atoms with Crippen LogP contribution in [-0.2, 0) is 6.54 Å². The average Bonchev–Trinajstić information content (AvgIpc) is 2.44. The maximum absolute atomic E-state index is 13.5. The molecule has 0 saturated carbocycles. The third kappa shape index (κ3) is 7.56. The third-order valence-corrected chi connectivity index (χ3v) is 2.69. The molecule has 0 saturated heterocycles. The van der Waals surface area contributed by atoms with Gasteiger partial charge in [-0.2, -0.15) is 0 Å². The summed E-state index contributed by atoms with van der Waals surface area (Å²) in [5.41, 5.74) is 0.206. The van der Waals surface area contributed by atoms with Gasteiger partial charge < -0.3 is 15.7 Å². The Kier molecular flexibility index (Phi) is 10.2. The average molecular weight is 413 g/mol. The van der Waals surface area contributed by atoms with Crippen molar-refractivity contribution in [2.75, 3.05) is 19.7 Å². The molecule has 0 bridgehead atoms. The van der Waals surface area contributed by atoms with E-state index in [9.17, 15) is 8.78 Å². The Labute approximate surface area is 141 Å². The highest BCUT2D eigenvalue weighted by molar-refractivity contribution is 14.0. The zero-order chi connectivity index (χ0) is 15.0. The van der Waals surface area contributed by atoms with Crippen LogP contribution in [-0.4, -0.2) is 30.8 Å². The minimum absolute atomic E-state index is 0. The summed E-state index contributed by atoms with van der Waals surface area (Å²) in [5, 5.41) is 15.0. The first-order valence-electron chi connectivity index (χ1n) is 6.63. The monoisotopic (exact) mass is 413 g/mol. The van der Waals surface area contributed by atoms with Gasteiger partial charge in [-0.15, -0.1) is 24.0 Å². The summed E-state index contributed by atoms with van der Waals surface area (Å²) in [5.74, 6) is -0.362. The predicted molar refractivity (Wildman–Crippen MR) is 90.8 cm³/mol. The van der Waals surface area contributed by atoms with E-state index in [-0.39, 0.29) is 48.6 Å². The summed E-state index contributed by atoms with van der Waals surface area (Å²) in [6.07, 6.45) is 0. The molecule has 0 radical (unpaired) electrons. The van der Waals surface area contributed by atoms with Crippen molar-refractivity contribution in [3.05, 3.63) is 35.4 Å². The fraction of sp³-hybridized carbons (Fsp3) is 0.500. The Hall–Kier alpha value is -0.960. The molecule has 0 amide bonds. The summed E-state index contributed by atoms with van der Waals surface area (Å²) >= 11 is 0. The number of aliphatic hydroxyl groups is 1. The van der Waals surface area contributed by atoms with Gasteiger partial charge in [0.2, 0.25) is 0 Å². The Balaban J connectivity index is 0.00000400. The molecule has 1 aromatic carbocycles. The highest BCUT2D eigenvalue weighted by Crippen LogP contribution is 2.10. The van der Waals surface area contributed by atoms with Gasteiger partial charge >= 0.3 is 0 Å². The van der Waals surface area contributed by atoms with Crippen molar-refractivity contribution in [1.82, 2.24) is 10.6 Å². The number of nitrogens with zero attached hydrogens (tertiary/aromatic N) is 1. The van der Waals surface area contributed by atoms with Gasteiger partial charge in [-0.3, -0.25) is 0 Å². The molecular formula is C14H22F2IN3O. The zero-order valence-corrected chi connectivity index (χ0v) is 14.5. The molecule has 1 unspecified atom stereocenters. The van der Waals surface area contributed by atoms with E-state index in [1.54, 1.807) is 0 Å². The van der Waals surface area contributed by atoms with E-state index in [0.29, 0.717) is 19.0 Å². The number of benzene rings is 1. The maximum atomic E-state index is 13.5. The third-order valence-electron chi connectivity index (χ3n) is 2.69. The smallest absolute Gasteiger partial charge is 0.191 e. The van der Waals surface area contributed by atoms with Gasteiger partial charge in [0.15, 0.2) is 5.96 Å². The largest absolute Gasteiger partial charge is 0.396 e. The van der Waals surface area contributed by atoms with Crippen LogP contribution in [0.1, 0.15) is 19.4 Å². The Morgan fingerprint density at radius 2 is 2.05 bits per heavy atom. The van der Waals surface area contributed by atoms with Crippen LogP contribution in [0, 0.1) is 17.6 Å². The van der Waals surface area contributed by atoms with Gasteiger partial charge in [-0.1, -0.05) is 6.92 Å². The SMILES string of the molecule is CCNC(=NCc1cc(F)ccc1F)NCC(C)CO.I. The number of halogens is 3. The highest BCUT2D eigenvalue weighted by Gasteiger charge is 2.05. The van der Waals surface area contributed by atoms with Crippen molar-refractivity contribution >= 4 is 29.9 Å². The Morgan fingerprint density at radius 3 is 2.67 bits per heavy atom. The van der Waals surface area contributed by atoms with E-state index in [0.717, 1.165) is 18.2 Å². The number of aliphatic imine (C=N–C) groups is 1. The van der Waals surface area contributed by atoms with E-state index < -0.39 is 11.6 Å². The molecule has 1 atom stereocenters. The lowest BCUT2D eigenvalue weighted by molar-refractivity contribution is 0.238. The Morgan fingerprint density at radius 1 is 1.33 bits per heavy atom. The maximum Gasteiger partial charge on any atom is 0.191 e. The first kappa shape index (κ1) is 20.0. The molecule has 7 heteroatoms. The van der Waals surface area contributed by atoms with Gasteiger partial charge in [0.1, 0.15) is 11.6 Å². The highest BCUT2D eigenvalue weighted by atomic mass is 127. The lowest BCUT2D eigenvalue weighted by Gasteiger charge is -2.14. The zero-order valence-electron chi connectivity index (χ0n) is 12.2. The number of aliphatic hydroxyl groups excluding tert-OH is 1. The molecule has 0 aromatic heterocycles. The second kappa shape index (κ2) is 10.7. The lowest BCUT2D eigenvalue weighted by atomic mass is 10.2. The molecule has 0 heterocycles. The molecule has 1 rings (SSSR count). The van der Waals surface area contributed by atoms with E-state index in [1.165, 1.54) is 0 Å². The fourth-order valence-electron chi connectivity index (χ4n) is 1.51. The van der Waals surface area contributed by atoms with Crippen molar-refractivity contribution in [2.45, 2.75) is 20.4 Å². The molecule has 0 spiro atoms. The summed E-state index contributed by atoms with van der Waals surface area (Å²) in [7, 11) is 0. The molecule has 0 aliphatic heterocycles. The van der Waals surface area contributed by atoms with E-state index in [2.05, 4.69) is 15.6 Å². The Bertz CT molecular complexity index is 458. The number of guanidine groups is 1. The number of rotatable bonds is 6. The standard InChI is InChI=1S/C14H21F2N3O.HI/c1-3-17-14(18-7-10(2)9-20)19-8-11-6-12(15)4-5-13(11)16;/h4-6,10,20H,3,7-9H2,1-2H3,(H2,17,18,19);1H. The van der Waals surface area contributed by atoms with Gasteiger partial charge in [0.05, 0.1) is 6.54 Å². The van der Waals surface area contributed by atoms with Gasteiger partial charge in [0.25, 0.3) is 0 Å². The molecule has 120 valence electrons. The number of hydrogen-bond acceptors (Lipinski definition) is 2. The van der Waals surface area contributed by atoms with Gasteiger partial charge in [-0.05, 0) is 31.0 Å². The van der Waals surface area contributed by atoms with Crippen LogP contribution in [0.4, 0.5) is 8.78 Å². The van der Waals surface area contributed by atoms with Crippen LogP contribution in [0.15, 0.2) is 23.2 Å². The predicted octanol–water partition coefficient (Wildman–Crippen LogP) is 2.27. The quantitative estimate of drug-likeness (QED) is 0.381. The van der Waals surface area contributed by atoms with E-state index in [4.69, 9.17) is 5.11 Å². The number of nitrogens with one attached hydrogen (secondary N) is 2. The van der Waals surface area contributed by atoms with E-state index >= 15 is 0 Å². The van der Waals surface area contributed by atoms with Crippen LogP contribution >= 0.6 is 24.0 Å². The van der Waals surface area contributed by atoms with Crippen molar-refractivity contribution in [1.29, 1.82) is 0 Å². The summed E-state index contributed by atoms with van der Waals surface area (Å²) in [6.45, 7) is 5.13. The first-order valence-corrected chi connectivity index (χ1v) is 6.63. The van der Waals surface area contributed by atoms with Crippen molar-refractivity contribution in [3.8, 4) is 0 Å². The summed E-state index contributed by atoms with van der Waals surface area (Å²) in [4.78, 5) is 4.20. The molecule has 3 N–H and O–H groups in total. The summed E-state index contributed by atoms with van der Waals surface area (Å²) < 4.78 is 26.5. The van der Waals surface area contributed by atoms with Gasteiger partial charge in [0, 0.05) is 25.3 Å². The number of hydrogen-bond donors (Lipinski definition) is 3. The molecular weight excluding hydrogens is 391 g/mol. The van der Waals surface area contributed by atoms with Crippen LogP contribution in [0.5, 0.6) is 0 Å². The molecule has 0 fully saturated rings. The van der Waals surface area contributed by atoms with Crippen molar-refractivity contribution in [3.63, 3.8) is 0 Å². The minimum atomic E-state index is -0.483.